The molecule has 1 saturated heterocycles. The Hall–Kier alpha value is -2.34. The van der Waals surface area contributed by atoms with E-state index in [0.717, 1.165) is 49.1 Å². The zero-order valence-corrected chi connectivity index (χ0v) is 13.6. The largest absolute Gasteiger partial charge is 0.378 e. The summed E-state index contributed by atoms with van der Waals surface area (Å²) in [6, 6.07) is 9.90. The van der Waals surface area contributed by atoms with Gasteiger partial charge in [-0.05, 0) is 44.2 Å². The van der Waals surface area contributed by atoms with Gasteiger partial charge in [0, 0.05) is 30.2 Å². The molecule has 122 valence electrons. The van der Waals surface area contributed by atoms with Gasteiger partial charge >= 0.3 is 0 Å². The summed E-state index contributed by atoms with van der Waals surface area (Å²) in [4.78, 5) is 14.4. The van der Waals surface area contributed by atoms with Gasteiger partial charge in [-0.15, -0.1) is 0 Å². The molecule has 6 heteroatoms. The smallest absolute Gasteiger partial charge is 0.246 e. The van der Waals surface area contributed by atoms with Crippen molar-refractivity contribution < 1.29 is 9.53 Å². The van der Waals surface area contributed by atoms with Crippen LogP contribution in [0.25, 0.3) is 0 Å². The molecule has 23 heavy (non-hydrogen) atoms. The molecular weight excluding hydrogens is 292 g/mol. The maximum Gasteiger partial charge on any atom is 0.246 e. The standard InChI is InChI=1S/C17H22N4O2/c1-13-11-14(2)21(19-13)12-17(22)18-15-3-5-16(6-4-15)20-7-9-23-10-8-20/h3-6,11H,7-10,12H2,1-2H3,(H,18,22). The number of benzene rings is 1. The lowest BCUT2D eigenvalue weighted by molar-refractivity contribution is -0.116. The Morgan fingerprint density at radius 1 is 1.22 bits per heavy atom. The highest BCUT2D eigenvalue weighted by Crippen LogP contribution is 2.19. The molecule has 1 aromatic heterocycles. The van der Waals surface area contributed by atoms with E-state index < -0.39 is 0 Å². The van der Waals surface area contributed by atoms with Gasteiger partial charge in [0.15, 0.2) is 0 Å². The van der Waals surface area contributed by atoms with E-state index in [1.54, 1.807) is 4.68 Å². The Balaban J connectivity index is 1.59. The molecule has 0 bridgehead atoms. The Morgan fingerprint density at radius 3 is 2.52 bits per heavy atom. The number of aryl methyl sites for hydroxylation is 2. The number of ether oxygens (including phenoxy) is 1. The second-order valence-corrected chi connectivity index (χ2v) is 5.78. The van der Waals surface area contributed by atoms with E-state index in [-0.39, 0.29) is 12.5 Å². The number of aromatic nitrogens is 2. The first kappa shape index (κ1) is 15.6. The third-order valence-electron chi connectivity index (χ3n) is 3.92. The minimum absolute atomic E-state index is 0.0738. The molecule has 1 aliphatic rings. The fraction of sp³-hybridized carbons (Fsp3) is 0.412. The SMILES string of the molecule is Cc1cc(C)n(CC(=O)Nc2ccc(N3CCOCC3)cc2)n1. The fourth-order valence-electron chi connectivity index (χ4n) is 2.75. The van der Waals surface area contributed by atoms with Gasteiger partial charge in [-0.2, -0.15) is 5.10 Å². The summed E-state index contributed by atoms with van der Waals surface area (Å²) < 4.78 is 7.07. The highest BCUT2D eigenvalue weighted by molar-refractivity contribution is 5.90. The molecule has 3 rings (SSSR count). The third kappa shape index (κ3) is 3.90. The summed E-state index contributed by atoms with van der Waals surface area (Å²) in [5.74, 6) is -0.0738. The Bertz CT molecular complexity index is 672. The van der Waals surface area contributed by atoms with E-state index in [9.17, 15) is 4.79 Å². The number of nitrogens with one attached hydrogen (secondary N) is 1. The quantitative estimate of drug-likeness (QED) is 0.937. The van der Waals surface area contributed by atoms with Gasteiger partial charge in [0.05, 0.1) is 18.9 Å². The molecule has 2 aromatic rings. The number of amides is 1. The fourth-order valence-corrected chi connectivity index (χ4v) is 2.75. The lowest BCUT2D eigenvalue weighted by Gasteiger charge is -2.28. The summed E-state index contributed by atoms with van der Waals surface area (Å²) in [6.07, 6.45) is 0. The molecule has 1 amide bonds. The normalized spacial score (nSPS) is 14.8. The van der Waals surface area contributed by atoms with Crippen LogP contribution in [-0.4, -0.2) is 42.0 Å². The lowest BCUT2D eigenvalue weighted by Crippen LogP contribution is -2.36. The number of carbonyl (C=O) groups excluding carboxylic acids is 1. The van der Waals surface area contributed by atoms with Gasteiger partial charge in [-0.1, -0.05) is 0 Å². The van der Waals surface area contributed by atoms with Gasteiger partial charge in [-0.3, -0.25) is 9.48 Å². The molecule has 1 aliphatic heterocycles. The summed E-state index contributed by atoms with van der Waals surface area (Å²) >= 11 is 0. The molecule has 1 fully saturated rings. The maximum absolute atomic E-state index is 12.1. The number of nitrogens with zero attached hydrogens (tertiary/aromatic N) is 3. The van der Waals surface area contributed by atoms with Crippen LogP contribution in [0.4, 0.5) is 11.4 Å². The van der Waals surface area contributed by atoms with Crippen molar-refractivity contribution in [3.8, 4) is 0 Å². The highest BCUT2D eigenvalue weighted by atomic mass is 16.5. The second kappa shape index (κ2) is 6.83. The summed E-state index contributed by atoms with van der Waals surface area (Å²) in [7, 11) is 0. The molecule has 0 radical (unpaired) electrons. The monoisotopic (exact) mass is 314 g/mol. The van der Waals surface area contributed by atoms with Gasteiger partial charge in [-0.25, -0.2) is 0 Å². The maximum atomic E-state index is 12.1. The van der Waals surface area contributed by atoms with Gasteiger partial charge in [0.25, 0.3) is 0 Å². The van der Waals surface area contributed by atoms with Crippen molar-refractivity contribution in [2.24, 2.45) is 0 Å². The van der Waals surface area contributed by atoms with Crippen LogP contribution in [0, 0.1) is 13.8 Å². The minimum Gasteiger partial charge on any atom is -0.378 e. The minimum atomic E-state index is -0.0738. The van der Waals surface area contributed by atoms with Crippen molar-refractivity contribution in [3.05, 3.63) is 41.7 Å². The molecule has 0 unspecified atom stereocenters. The van der Waals surface area contributed by atoms with Crippen LogP contribution in [0.2, 0.25) is 0 Å². The number of morpholine rings is 1. The molecule has 6 nitrogen and oxygen atoms in total. The van der Waals surface area contributed by atoms with Crippen molar-refractivity contribution in [3.63, 3.8) is 0 Å². The van der Waals surface area contributed by atoms with Crippen LogP contribution in [0.15, 0.2) is 30.3 Å². The second-order valence-electron chi connectivity index (χ2n) is 5.78. The van der Waals surface area contributed by atoms with Crippen LogP contribution < -0.4 is 10.2 Å². The van der Waals surface area contributed by atoms with Crippen molar-refractivity contribution in [1.82, 2.24) is 9.78 Å². The van der Waals surface area contributed by atoms with E-state index in [4.69, 9.17) is 4.74 Å². The lowest BCUT2D eigenvalue weighted by atomic mass is 10.2. The highest BCUT2D eigenvalue weighted by Gasteiger charge is 2.11. The average Bonchev–Trinajstić information content (AvgIpc) is 2.86. The Labute approximate surface area is 136 Å². The molecule has 1 N–H and O–H groups in total. The Kier molecular flexibility index (Phi) is 4.62. The Morgan fingerprint density at radius 2 is 1.91 bits per heavy atom. The summed E-state index contributed by atoms with van der Waals surface area (Å²) in [6.45, 7) is 7.44. The number of carbonyl (C=O) groups is 1. The number of hydrogen-bond acceptors (Lipinski definition) is 4. The number of rotatable bonds is 4. The molecular formula is C17H22N4O2. The van der Waals surface area contributed by atoms with Gasteiger partial charge in [0.2, 0.25) is 5.91 Å². The number of anilines is 2. The van der Waals surface area contributed by atoms with Crippen molar-refractivity contribution in [2.75, 3.05) is 36.5 Å². The van der Waals surface area contributed by atoms with Crippen molar-refractivity contribution in [1.29, 1.82) is 0 Å². The van der Waals surface area contributed by atoms with Crippen molar-refractivity contribution >= 4 is 17.3 Å². The molecule has 0 spiro atoms. The molecule has 0 saturated carbocycles. The predicted octanol–water partition coefficient (Wildman–Crippen LogP) is 1.98. The third-order valence-corrected chi connectivity index (χ3v) is 3.92. The van der Waals surface area contributed by atoms with E-state index in [2.05, 4.69) is 15.3 Å². The average molecular weight is 314 g/mol. The zero-order valence-electron chi connectivity index (χ0n) is 13.6. The topological polar surface area (TPSA) is 59.4 Å². The van der Waals surface area contributed by atoms with Crippen LogP contribution in [0.3, 0.4) is 0 Å². The molecule has 2 heterocycles. The molecule has 0 aliphatic carbocycles. The van der Waals surface area contributed by atoms with Crippen LogP contribution in [0.1, 0.15) is 11.4 Å². The summed E-state index contributed by atoms with van der Waals surface area (Å²) in [5.41, 5.74) is 3.86. The van der Waals surface area contributed by atoms with Gasteiger partial charge < -0.3 is 15.0 Å². The first-order chi connectivity index (χ1) is 11.1. The van der Waals surface area contributed by atoms with Crippen LogP contribution >= 0.6 is 0 Å². The van der Waals surface area contributed by atoms with E-state index in [1.165, 1.54) is 0 Å². The summed E-state index contributed by atoms with van der Waals surface area (Å²) in [5, 5.41) is 7.22. The zero-order chi connectivity index (χ0) is 16.2. The first-order valence-corrected chi connectivity index (χ1v) is 7.85. The van der Waals surface area contributed by atoms with E-state index in [1.807, 2.05) is 44.2 Å². The molecule has 0 atom stereocenters. The van der Waals surface area contributed by atoms with Crippen molar-refractivity contribution in [2.45, 2.75) is 20.4 Å². The van der Waals surface area contributed by atoms with Crippen LogP contribution in [0.5, 0.6) is 0 Å². The van der Waals surface area contributed by atoms with Gasteiger partial charge in [0.1, 0.15) is 6.54 Å². The van der Waals surface area contributed by atoms with E-state index >= 15 is 0 Å². The van der Waals surface area contributed by atoms with Crippen LogP contribution in [-0.2, 0) is 16.1 Å². The number of hydrogen-bond donors (Lipinski definition) is 1. The first-order valence-electron chi connectivity index (χ1n) is 7.85. The van der Waals surface area contributed by atoms with E-state index in [0.29, 0.717) is 0 Å². The predicted molar refractivity (Wildman–Crippen MR) is 89.8 cm³/mol. The molecule has 1 aromatic carbocycles.